The van der Waals surface area contributed by atoms with Gasteiger partial charge in [0.1, 0.15) is 0 Å². The maximum atomic E-state index is 12.4. The van der Waals surface area contributed by atoms with E-state index < -0.39 is 10.8 Å². The molecule has 3 unspecified atom stereocenters. The molecule has 0 spiro atoms. The maximum Gasteiger partial charge on any atom is 0.0501 e. The highest BCUT2D eigenvalue weighted by atomic mass is 32.2. The molecule has 0 aromatic heterocycles. The molecule has 1 N–H and O–H groups in total. The number of nitrogens with one attached hydrogen (secondary N) is 1. The van der Waals surface area contributed by atoms with Gasteiger partial charge in [-0.3, -0.25) is 4.21 Å². The fourth-order valence-corrected chi connectivity index (χ4v) is 4.71. The van der Waals surface area contributed by atoms with Gasteiger partial charge in [0.15, 0.2) is 0 Å². The molecule has 3 atom stereocenters. The van der Waals surface area contributed by atoms with Crippen molar-refractivity contribution in [3.05, 3.63) is 0 Å². The summed E-state index contributed by atoms with van der Waals surface area (Å²) in [5, 5.41) is 4.08. The van der Waals surface area contributed by atoms with Crippen LogP contribution in [0.4, 0.5) is 0 Å². The zero-order valence-corrected chi connectivity index (χ0v) is 14.5. The van der Waals surface area contributed by atoms with Crippen molar-refractivity contribution in [3.63, 3.8) is 0 Å². The zero-order chi connectivity index (χ0) is 14.6. The van der Waals surface area contributed by atoms with Gasteiger partial charge in [0.05, 0.1) is 5.25 Å². The van der Waals surface area contributed by atoms with Gasteiger partial charge in [0.2, 0.25) is 0 Å². The van der Waals surface area contributed by atoms with Gasteiger partial charge in [-0.2, -0.15) is 0 Å². The lowest BCUT2D eigenvalue weighted by Crippen LogP contribution is -2.43. The van der Waals surface area contributed by atoms with Crippen molar-refractivity contribution in [2.75, 3.05) is 12.3 Å². The van der Waals surface area contributed by atoms with Gasteiger partial charge in [-0.1, -0.05) is 65.2 Å². The second-order valence-corrected chi connectivity index (χ2v) is 8.12. The molecule has 1 aliphatic carbocycles. The first-order chi connectivity index (χ1) is 9.79. The van der Waals surface area contributed by atoms with Gasteiger partial charge in [0.25, 0.3) is 0 Å². The minimum Gasteiger partial charge on any atom is -0.313 e. The minimum absolute atomic E-state index is 0.381. The van der Waals surface area contributed by atoms with Crippen LogP contribution in [0.2, 0.25) is 0 Å². The number of hydrogen-bond donors (Lipinski definition) is 1. The molecule has 1 fully saturated rings. The van der Waals surface area contributed by atoms with Crippen molar-refractivity contribution >= 4 is 10.8 Å². The quantitative estimate of drug-likeness (QED) is 0.815. The molecule has 0 amide bonds. The third-order valence-corrected chi connectivity index (χ3v) is 6.29. The zero-order valence-electron chi connectivity index (χ0n) is 13.7. The van der Waals surface area contributed by atoms with Gasteiger partial charge < -0.3 is 5.32 Å². The maximum absolute atomic E-state index is 12.4. The minimum atomic E-state index is -0.652. The highest BCUT2D eigenvalue weighted by Crippen LogP contribution is 2.21. The van der Waals surface area contributed by atoms with E-state index in [1.54, 1.807) is 0 Å². The second kappa shape index (κ2) is 11.7. The van der Waals surface area contributed by atoms with E-state index in [0.29, 0.717) is 11.3 Å². The standard InChI is InChI=1S/C17H35NOS/c1-3-15-18-16-13-11-9-7-5-6-8-10-12-14-17(16)20(19)4-2/h16-18H,3-15H2,1-2H3. The lowest BCUT2D eigenvalue weighted by Gasteiger charge is -2.28. The first-order valence-electron chi connectivity index (χ1n) is 8.90. The lowest BCUT2D eigenvalue weighted by atomic mass is 9.97. The van der Waals surface area contributed by atoms with E-state index in [1.807, 2.05) is 0 Å². The van der Waals surface area contributed by atoms with Crippen LogP contribution >= 0.6 is 0 Å². The van der Waals surface area contributed by atoms with Gasteiger partial charge in [0, 0.05) is 22.6 Å². The Bertz CT molecular complexity index is 257. The molecular weight excluding hydrogens is 266 g/mol. The van der Waals surface area contributed by atoms with Crippen LogP contribution in [0.1, 0.15) is 84.5 Å². The Hall–Kier alpha value is 0.110. The second-order valence-electron chi connectivity index (χ2n) is 6.17. The topological polar surface area (TPSA) is 29.1 Å². The monoisotopic (exact) mass is 301 g/mol. The predicted octanol–water partition coefficient (Wildman–Crippen LogP) is 4.41. The SMILES string of the molecule is CCCNC1CCCCCCCCCCC1S(=O)CC. The van der Waals surface area contributed by atoms with Gasteiger partial charge in [-0.05, 0) is 25.8 Å². The van der Waals surface area contributed by atoms with E-state index in [0.717, 1.165) is 18.7 Å². The summed E-state index contributed by atoms with van der Waals surface area (Å²) in [6.07, 6.45) is 14.4. The smallest absolute Gasteiger partial charge is 0.0501 e. The van der Waals surface area contributed by atoms with Crippen molar-refractivity contribution in [2.24, 2.45) is 0 Å². The molecule has 0 aliphatic heterocycles. The van der Waals surface area contributed by atoms with Crippen LogP contribution in [0.5, 0.6) is 0 Å². The highest BCUT2D eigenvalue weighted by Gasteiger charge is 2.25. The Morgan fingerprint density at radius 1 is 0.900 bits per heavy atom. The molecule has 3 heteroatoms. The molecule has 0 aromatic carbocycles. The van der Waals surface area contributed by atoms with E-state index in [4.69, 9.17) is 0 Å². The summed E-state index contributed by atoms with van der Waals surface area (Å²) >= 11 is 0. The summed E-state index contributed by atoms with van der Waals surface area (Å²) in [6, 6.07) is 0.482. The molecule has 20 heavy (non-hydrogen) atoms. The lowest BCUT2D eigenvalue weighted by molar-refractivity contribution is 0.408. The van der Waals surface area contributed by atoms with E-state index >= 15 is 0 Å². The Kier molecular flexibility index (Phi) is 10.7. The Labute approximate surface area is 128 Å². The third kappa shape index (κ3) is 7.21. The summed E-state index contributed by atoms with van der Waals surface area (Å²) < 4.78 is 12.4. The summed E-state index contributed by atoms with van der Waals surface area (Å²) in [4.78, 5) is 0. The first-order valence-corrected chi connectivity index (χ1v) is 10.3. The van der Waals surface area contributed by atoms with Crippen LogP contribution in [0.25, 0.3) is 0 Å². The van der Waals surface area contributed by atoms with E-state index in [9.17, 15) is 4.21 Å². The van der Waals surface area contributed by atoms with Crippen LogP contribution < -0.4 is 5.32 Å². The molecular formula is C17H35NOS. The average molecular weight is 302 g/mol. The molecule has 0 bridgehead atoms. The third-order valence-electron chi connectivity index (χ3n) is 4.48. The summed E-state index contributed by atoms with van der Waals surface area (Å²) in [7, 11) is -0.652. The van der Waals surface area contributed by atoms with Crippen LogP contribution in [0.3, 0.4) is 0 Å². The van der Waals surface area contributed by atoms with Crippen molar-refractivity contribution in [1.29, 1.82) is 0 Å². The molecule has 0 aromatic rings. The normalized spacial score (nSPS) is 28.3. The van der Waals surface area contributed by atoms with Crippen molar-refractivity contribution in [2.45, 2.75) is 95.8 Å². The Balaban J connectivity index is 2.62. The molecule has 0 saturated heterocycles. The highest BCUT2D eigenvalue weighted by molar-refractivity contribution is 7.85. The summed E-state index contributed by atoms with van der Waals surface area (Å²) in [5.41, 5.74) is 0. The van der Waals surface area contributed by atoms with Gasteiger partial charge >= 0.3 is 0 Å². The molecule has 1 aliphatic rings. The van der Waals surface area contributed by atoms with E-state index in [-0.39, 0.29) is 0 Å². The predicted molar refractivity (Wildman–Crippen MR) is 90.7 cm³/mol. The summed E-state index contributed by atoms with van der Waals surface area (Å²) in [5.74, 6) is 0.814. The van der Waals surface area contributed by atoms with E-state index in [1.165, 1.54) is 64.2 Å². The molecule has 0 radical (unpaired) electrons. The molecule has 1 saturated carbocycles. The first kappa shape index (κ1) is 18.2. The molecule has 0 heterocycles. The van der Waals surface area contributed by atoms with E-state index in [2.05, 4.69) is 19.2 Å². The van der Waals surface area contributed by atoms with Crippen molar-refractivity contribution in [3.8, 4) is 0 Å². The van der Waals surface area contributed by atoms with Crippen LogP contribution in [-0.4, -0.2) is 27.8 Å². The fourth-order valence-electron chi connectivity index (χ4n) is 3.25. The Morgan fingerprint density at radius 2 is 1.45 bits per heavy atom. The largest absolute Gasteiger partial charge is 0.313 e. The molecule has 2 nitrogen and oxygen atoms in total. The van der Waals surface area contributed by atoms with Crippen molar-refractivity contribution < 1.29 is 4.21 Å². The number of rotatable bonds is 5. The summed E-state index contributed by atoms with van der Waals surface area (Å²) in [6.45, 7) is 5.36. The van der Waals surface area contributed by atoms with Crippen molar-refractivity contribution in [1.82, 2.24) is 5.32 Å². The van der Waals surface area contributed by atoms with Crippen LogP contribution in [-0.2, 0) is 10.8 Å². The Morgan fingerprint density at radius 3 is 2.00 bits per heavy atom. The molecule has 1 rings (SSSR count). The van der Waals surface area contributed by atoms with Gasteiger partial charge in [-0.25, -0.2) is 0 Å². The van der Waals surface area contributed by atoms with Crippen LogP contribution in [0, 0.1) is 0 Å². The molecule has 120 valence electrons. The number of hydrogen-bond acceptors (Lipinski definition) is 2. The average Bonchev–Trinajstić information content (AvgIpc) is 2.46. The fraction of sp³-hybridized carbons (Fsp3) is 1.00. The van der Waals surface area contributed by atoms with Crippen LogP contribution in [0.15, 0.2) is 0 Å². The van der Waals surface area contributed by atoms with Gasteiger partial charge in [-0.15, -0.1) is 0 Å².